The number of pyridine rings is 1. The van der Waals surface area contributed by atoms with Crippen molar-refractivity contribution in [3.8, 4) is 0 Å². The molecule has 3 heterocycles. The highest BCUT2D eigenvalue weighted by Crippen LogP contribution is 2.30. The van der Waals surface area contributed by atoms with Crippen LogP contribution in [0.2, 0.25) is 0 Å². The molecule has 0 spiro atoms. The molecule has 0 fully saturated rings. The highest BCUT2D eigenvalue weighted by Gasteiger charge is 2.26. The van der Waals surface area contributed by atoms with Crippen molar-refractivity contribution in [1.82, 2.24) is 29.9 Å². The van der Waals surface area contributed by atoms with E-state index in [9.17, 15) is 4.79 Å². The molecule has 25 heavy (non-hydrogen) atoms. The van der Waals surface area contributed by atoms with Gasteiger partial charge in [-0.05, 0) is 39.2 Å². The number of carbonyl (C=O) groups excluding carboxylic acids is 1. The van der Waals surface area contributed by atoms with Gasteiger partial charge in [-0.3, -0.25) is 14.2 Å². The van der Waals surface area contributed by atoms with Crippen molar-refractivity contribution in [3.63, 3.8) is 0 Å². The lowest BCUT2D eigenvalue weighted by molar-refractivity contribution is 0.0934. The van der Waals surface area contributed by atoms with E-state index in [1.54, 1.807) is 4.68 Å². The number of hydrogen-bond acceptors (Lipinski definition) is 4. The van der Waals surface area contributed by atoms with E-state index in [4.69, 9.17) is 0 Å². The average Bonchev–Trinajstić information content (AvgIpc) is 3.08. The predicted molar refractivity (Wildman–Crippen MR) is 94.3 cm³/mol. The molecule has 1 amide bonds. The highest BCUT2D eigenvalue weighted by molar-refractivity contribution is 6.06. The second-order valence-corrected chi connectivity index (χ2v) is 6.81. The zero-order valence-corrected chi connectivity index (χ0v) is 15.0. The maximum absolute atomic E-state index is 13.1. The zero-order chi connectivity index (χ0) is 17.7. The summed E-state index contributed by atoms with van der Waals surface area (Å²) in [6.45, 7) is 3.81. The molecule has 3 aromatic heterocycles. The van der Waals surface area contributed by atoms with Crippen LogP contribution < -0.4 is 5.32 Å². The molecule has 0 radical (unpaired) electrons. The third kappa shape index (κ3) is 2.50. The maximum Gasteiger partial charge on any atom is 0.252 e. The molecule has 0 unspecified atom stereocenters. The van der Waals surface area contributed by atoms with Crippen LogP contribution in [0, 0.1) is 13.8 Å². The van der Waals surface area contributed by atoms with Crippen LogP contribution >= 0.6 is 0 Å². The summed E-state index contributed by atoms with van der Waals surface area (Å²) in [6.07, 6.45) is 4.87. The molecule has 0 aliphatic heterocycles. The number of aryl methyl sites for hydroxylation is 4. The number of hydrogen-bond donors (Lipinski definition) is 1. The Morgan fingerprint density at radius 1 is 1.28 bits per heavy atom. The predicted octanol–water partition coefficient (Wildman–Crippen LogP) is 2.13. The number of rotatable bonds is 2. The van der Waals surface area contributed by atoms with Crippen molar-refractivity contribution < 1.29 is 4.79 Å². The van der Waals surface area contributed by atoms with Gasteiger partial charge in [0.2, 0.25) is 0 Å². The summed E-state index contributed by atoms with van der Waals surface area (Å²) >= 11 is 0. The van der Waals surface area contributed by atoms with Crippen LogP contribution in [0.25, 0.3) is 11.0 Å². The van der Waals surface area contributed by atoms with Gasteiger partial charge in [0.15, 0.2) is 5.65 Å². The summed E-state index contributed by atoms with van der Waals surface area (Å²) < 4.78 is 3.64. The fourth-order valence-corrected chi connectivity index (χ4v) is 3.84. The smallest absolute Gasteiger partial charge is 0.252 e. The van der Waals surface area contributed by atoms with E-state index >= 15 is 0 Å². The van der Waals surface area contributed by atoms with Gasteiger partial charge in [-0.2, -0.15) is 10.2 Å². The normalized spacial score (nSPS) is 16.9. The minimum Gasteiger partial charge on any atom is -0.345 e. The van der Waals surface area contributed by atoms with Crippen LogP contribution in [0.4, 0.5) is 0 Å². The molecular weight excluding hydrogens is 316 g/mol. The van der Waals surface area contributed by atoms with Crippen LogP contribution in [0.15, 0.2) is 12.3 Å². The molecule has 0 saturated heterocycles. The molecule has 7 nitrogen and oxygen atoms in total. The first kappa shape index (κ1) is 15.8. The van der Waals surface area contributed by atoms with Gasteiger partial charge in [0, 0.05) is 31.0 Å². The summed E-state index contributed by atoms with van der Waals surface area (Å²) in [5, 5.41) is 12.8. The van der Waals surface area contributed by atoms with Gasteiger partial charge in [0.1, 0.15) is 0 Å². The number of carbonyl (C=O) groups is 1. The van der Waals surface area contributed by atoms with Crippen LogP contribution in [-0.4, -0.2) is 30.5 Å². The first-order valence-electron chi connectivity index (χ1n) is 8.58. The first-order valence-corrected chi connectivity index (χ1v) is 8.58. The largest absolute Gasteiger partial charge is 0.345 e. The Hall–Kier alpha value is -2.70. The summed E-state index contributed by atoms with van der Waals surface area (Å²) in [6, 6.07) is 1.85. The minimum atomic E-state index is -0.0756. The van der Waals surface area contributed by atoms with Crippen LogP contribution in [0.3, 0.4) is 0 Å². The number of aromatic nitrogens is 5. The molecule has 1 aliphatic carbocycles. The van der Waals surface area contributed by atoms with Crippen molar-refractivity contribution in [2.75, 3.05) is 0 Å². The van der Waals surface area contributed by atoms with E-state index in [0.717, 1.165) is 47.2 Å². The van der Waals surface area contributed by atoms with Crippen molar-refractivity contribution >= 4 is 16.9 Å². The molecular formula is C18H22N6O. The van der Waals surface area contributed by atoms with Gasteiger partial charge < -0.3 is 5.32 Å². The Morgan fingerprint density at radius 2 is 2.08 bits per heavy atom. The standard InChI is InChI=1S/C18H22N6O/c1-10-8-12(16-11(2)22-24(4)17(16)20-10)18(25)21-14-6-5-7-15-13(14)9-19-23(15)3/h8-9,14H,5-7H2,1-4H3,(H,21,25)/t14-/m1/s1. The fourth-order valence-electron chi connectivity index (χ4n) is 3.84. The average molecular weight is 338 g/mol. The van der Waals surface area contributed by atoms with Crippen molar-refractivity contribution in [2.24, 2.45) is 14.1 Å². The molecule has 7 heteroatoms. The van der Waals surface area contributed by atoms with Gasteiger partial charge in [-0.25, -0.2) is 4.98 Å². The number of fused-ring (bicyclic) bond motifs is 2. The Labute approximate surface area is 146 Å². The number of nitrogens with one attached hydrogen (secondary N) is 1. The summed E-state index contributed by atoms with van der Waals surface area (Å²) in [4.78, 5) is 17.6. The van der Waals surface area contributed by atoms with Crippen molar-refractivity contribution in [2.45, 2.75) is 39.2 Å². The van der Waals surface area contributed by atoms with E-state index in [0.29, 0.717) is 5.56 Å². The van der Waals surface area contributed by atoms with Crippen LogP contribution in [-0.2, 0) is 20.5 Å². The lowest BCUT2D eigenvalue weighted by atomic mass is 9.92. The third-order valence-electron chi connectivity index (χ3n) is 5.02. The van der Waals surface area contributed by atoms with E-state index in [2.05, 4.69) is 20.5 Å². The van der Waals surface area contributed by atoms with Gasteiger partial charge in [0.25, 0.3) is 5.91 Å². The second-order valence-electron chi connectivity index (χ2n) is 6.81. The lowest BCUT2D eigenvalue weighted by Crippen LogP contribution is -2.31. The summed E-state index contributed by atoms with van der Waals surface area (Å²) in [5.74, 6) is -0.0756. The maximum atomic E-state index is 13.1. The quantitative estimate of drug-likeness (QED) is 0.776. The number of nitrogens with zero attached hydrogens (tertiary/aromatic N) is 5. The van der Waals surface area contributed by atoms with E-state index < -0.39 is 0 Å². The Bertz CT molecular complexity index is 983. The van der Waals surface area contributed by atoms with Crippen LogP contribution in [0.1, 0.15) is 51.9 Å². The Morgan fingerprint density at radius 3 is 2.88 bits per heavy atom. The van der Waals surface area contributed by atoms with Crippen molar-refractivity contribution in [3.05, 3.63) is 40.5 Å². The van der Waals surface area contributed by atoms with E-state index in [1.165, 1.54) is 5.69 Å². The molecule has 130 valence electrons. The molecule has 0 aromatic carbocycles. The number of amides is 1. The van der Waals surface area contributed by atoms with Gasteiger partial charge in [-0.15, -0.1) is 0 Å². The fraction of sp³-hybridized carbons (Fsp3) is 0.444. The molecule has 1 N–H and O–H groups in total. The third-order valence-corrected chi connectivity index (χ3v) is 5.02. The molecule has 0 saturated carbocycles. The molecule has 0 bridgehead atoms. The zero-order valence-electron chi connectivity index (χ0n) is 15.0. The second kappa shape index (κ2) is 5.68. The molecule has 4 rings (SSSR count). The SMILES string of the molecule is Cc1cc(C(=O)N[C@@H]2CCCc3c2cnn3C)c2c(C)nn(C)c2n1. The summed E-state index contributed by atoms with van der Waals surface area (Å²) in [5.41, 5.74) is 5.36. The van der Waals surface area contributed by atoms with Crippen molar-refractivity contribution in [1.29, 1.82) is 0 Å². The molecule has 1 atom stereocenters. The first-order chi connectivity index (χ1) is 12.0. The minimum absolute atomic E-state index is 0.00505. The van der Waals surface area contributed by atoms with Gasteiger partial charge in [0.05, 0.1) is 28.9 Å². The van der Waals surface area contributed by atoms with Crippen LogP contribution in [0.5, 0.6) is 0 Å². The molecule has 3 aromatic rings. The Kier molecular flexibility index (Phi) is 3.59. The summed E-state index contributed by atoms with van der Waals surface area (Å²) in [7, 11) is 3.81. The van der Waals surface area contributed by atoms with E-state index in [-0.39, 0.29) is 11.9 Å². The Balaban J connectivity index is 1.72. The topological polar surface area (TPSA) is 77.6 Å². The lowest BCUT2D eigenvalue weighted by Gasteiger charge is -2.24. The van der Waals surface area contributed by atoms with E-state index in [1.807, 2.05) is 44.9 Å². The highest BCUT2D eigenvalue weighted by atomic mass is 16.1. The van der Waals surface area contributed by atoms with Gasteiger partial charge in [-0.1, -0.05) is 0 Å². The van der Waals surface area contributed by atoms with Gasteiger partial charge >= 0.3 is 0 Å². The molecule has 1 aliphatic rings. The monoisotopic (exact) mass is 338 g/mol.